The Hall–Kier alpha value is -2.39. The first-order valence-corrected chi connectivity index (χ1v) is 10.2. The average Bonchev–Trinajstić information content (AvgIpc) is 3.09. The number of aromatic nitrogens is 2. The Balaban J connectivity index is 1.95. The number of carbonyl (C=O) groups excluding carboxylic acids is 1. The normalized spacial score (nSPS) is 21.0. The quantitative estimate of drug-likeness (QED) is 0.826. The Bertz CT molecular complexity index is 910. The van der Waals surface area contributed by atoms with Crippen LogP contribution in [0.15, 0.2) is 47.9 Å². The van der Waals surface area contributed by atoms with Gasteiger partial charge in [-0.2, -0.15) is 4.31 Å². The van der Waals surface area contributed by atoms with E-state index in [4.69, 9.17) is 0 Å². The molecule has 0 aliphatic carbocycles. The number of aryl methyl sites for hydroxylation is 1. The van der Waals surface area contributed by atoms with Crippen molar-refractivity contribution in [2.45, 2.75) is 23.4 Å². The Kier molecular flexibility index (Phi) is 5.25. The molecule has 1 aromatic carbocycles. The molecule has 8 nitrogen and oxygen atoms in total. The van der Waals surface area contributed by atoms with Crippen LogP contribution in [0.5, 0.6) is 0 Å². The number of benzene rings is 1. The highest BCUT2D eigenvalue weighted by atomic mass is 32.2. The largest absolute Gasteiger partial charge is 0.370 e. The van der Waals surface area contributed by atoms with Crippen LogP contribution in [0.1, 0.15) is 12.8 Å². The predicted octanol–water partition coefficient (Wildman–Crippen LogP) is 1.14. The minimum Gasteiger partial charge on any atom is -0.370 e. The lowest BCUT2D eigenvalue weighted by molar-refractivity contribution is -0.134. The first-order valence-electron chi connectivity index (χ1n) is 8.78. The molecule has 0 saturated carbocycles. The van der Waals surface area contributed by atoms with Crippen LogP contribution in [-0.4, -0.2) is 65.8 Å². The van der Waals surface area contributed by atoms with Gasteiger partial charge in [-0.1, -0.05) is 18.2 Å². The Morgan fingerprint density at radius 3 is 2.56 bits per heavy atom. The summed E-state index contributed by atoms with van der Waals surface area (Å²) in [4.78, 5) is 18.6. The molecule has 1 aliphatic rings. The molecular weight excluding hydrogens is 366 g/mol. The van der Waals surface area contributed by atoms with E-state index in [9.17, 15) is 13.2 Å². The third-order valence-electron chi connectivity index (χ3n) is 4.72. The van der Waals surface area contributed by atoms with Crippen LogP contribution < -0.4 is 5.32 Å². The fraction of sp³-hybridized carbons (Fsp3) is 0.444. The number of para-hydroxylation sites is 1. The average molecular weight is 391 g/mol. The zero-order chi connectivity index (χ0) is 19.7. The van der Waals surface area contributed by atoms with E-state index in [2.05, 4.69) is 10.3 Å². The molecule has 2 aromatic rings. The highest BCUT2D eigenvalue weighted by Crippen LogP contribution is 2.30. The summed E-state index contributed by atoms with van der Waals surface area (Å²) in [6.45, 7) is 0.412. The standard InChI is InChI=1S/C18H25N5O3S/c1-21(2)17(24)18(20-15-8-5-4-6-9-15)10-7-11-23(13-18)27(25,26)16-12-22(3)14-19-16/h4-6,8-9,12,14,20H,7,10-11,13H2,1-3H3. The number of imidazole rings is 1. The first kappa shape index (κ1) is 19.4. The highest BCUT2D eigenvalue weighted by Gasteiger charge is 2.46. The van der Waals surface area contributed by atoms with Gasteiger partial charge in [-0.15, -0.1) is 0 Å². The number of hydrogen-bond donors (Lipinski definition) is 1. The van der Waals surface area contributed by atoms with E-state index in [1.807, 2.05) is 30.3 Å². The third-order valence-corrected chi connectivity index (χ3v) is 6.45. The van der Waals surface area contributed by atoms with Crippen LogP contribution in [0, 0.1) is 0 Å². The number of rotatable bonds is 5. The highest BCUT2D eigenvalue weighted by molar-refractivity contribution is 7.89. The van der Waals surface area contributed by atoms with E-state index >= 15 is 0 Å². The zero-order valence-corrected chi connectivity index (χ0v) is 16.6. The summed E-state index contributed by atoms with van der Waals surface area (Å²) in [5.74, 6) is -0.146. The van der Waals surface area contributed by atoms with Crippen molar-refractivity contribution in [1.82, 2.24) is 18.8 Å². The van der Waals surface area contributed by atoms with Crippen molar-refractivity contribution in [2.24, 2.45) is 7.05 Å². The van der Waals surface area contributed by atoms with Crippen molar-refractivity contribution in [2.75, 3.05) is 32.5 Å². The van der Waals surface area contributed by atoms with E-state index in [-0.39, 0.29) is 17.5 Å². The lowest BCUT2D eigenvalue weighted by Crippen LogP contribution is -2.62. The first-order chi connectivity index (χ1) is 12.7. The summed E-state index contributed by atoms with van der Waals surface area (Å²) in [5, 5.41) is 3.31. The molecule has 1 N–H and O–H groups in total. The second-order valence-corrected chi connectivity index (χ2v) is 8.98. The van der Waals surface area contributed by atoms with Crippen LogP contribution in [0.4, 0.5) is 5.69 Å². The number of piperidine rings is 1. The summed E-state index contributed by atoms with van der Waals surface area (Å²) in [7, 11) is 1.32. The van der Waals surface area contributed by atoms with Gasteiger partial charge in [0.05, 0.1) is 6.33 Å². The smallest absolute Gasteiger partial charge is 0.262 e. The monoisotopic (exact) mass is 391 g/mol. The maximum Gasteiger partial charge on any atom is 0.262 e. The summed E-state index contributed by atoms with van der Waals surface area (Å²) >= 11 is 0. The maximum absolute atomic E-state index is 13.1. The van der Waals surface area contributed by atoms with Gasteiger partial charge in [-0.05, 0) is 25.0 Å². The lowest BCUT2D eigenvalue weighted by atomic mass is 9.88. The van der Waals surface area contributed by atoms with Gasteiger partial charge in [0.2, 0.25) is 5.91 Å². The van der Waals surface area contributed by atoms with E-state index in [0.29, 0.717) is 19.4 Å². The number of hydrogen-bond acceptors (Lipinski definition) is 5. The van der Waals surface area contributed by atoms with Gasteiger partial charge in [0.1, 0.15) is 5.54 Å². The minimum atomic E-state index is -3.77. The van der Waals surface area contributed by atoms with Gasteiger partial charge in [-0.3, -0.25) is 4.79 Å². The van der Waals surface area contributed by atoms with Gasteiger partial charge in [0.25, 0.3) is 10.0 Å². The Labute approximate surface area is 159 Å². The molecule has 1 aromatic heterocycles. The molecule has 0 radical (unpaired) electrons. The van der Waals surface area contributed by atoms with Crippen molar-refractivity contribution in [3.05, 3.63) is 42.9 Å². The molecule has 146 valence electrons. The molecule has 0 spiro atoms. The summed E-state index contributed by atoms with van der Waals surface area (Å²) in [6.07, 6.45) is 4.06. The molecule has 0 bridgehead atoms. The van der Waals surface area contributed by atoms with Gasteiger partial charge >= 0.3 is 0 Å². The number of amides is 1. The van der Waals surface area contributed by atoms with Crippen LogP contribution in [0.2, 0.25) is 0 Å². The molecular formula is C18H25N5O3S. The molecule has 1 amide bonds. The topological polar surface area (TPSA) is 87.5 Å². The number of nitrogens with zero attached hydrogens (tertiary/aromatic N) is 4. The molecule has 27 heavy (non-hydrogen) atoms. The number of nitrogens with one attached hydrogen (secondary N) is 1. The molecule has 1 fully saturated rings. The van der Waals surface area contributed by atoms with Crippen LogP contribution in [0.3, 0.4) is 0 Å². The lowest BCUT2D eigenvalue weighted by Gasteiger charge is -2.43. The minimum absolute atomic E-state index is 0.00202. The third kappa shape index (κ3) is 3.84. The van der Waals surface area contributed by atoms with Crippen LogP contribution >= 0.6 is 0 Å². The Morgan fingerprint density at radius 2 is 1.96 bits per heavy atom. The van der Waals surface area contributed by atoms with Crippen molar-refractivity contribution < 1.29 is 13.2 Å². The fourth-order valence-electron chi connectivity index (χ4n) is 3.43. The van der Waals surface area contributed by atoms with Crippen molar-refractivity contribution >= 4 is 21.6 Å². The molecule has 1 aliphatic heterocycles. The number of sulfonamides is 1. The summed E-state index contributed by atoms with van der Waals surface area (Å²) in [5.41, 5.74) is -0.241. The maximum atomic E-state index is 13.1. The van der Waals surface area contributed by atoms with Crippen molar-refractivity contribution in [3.8, 4) is 0 Å². The molecule has 9 heteroatoms. The van der Waals surface area contributed by atoms with Gasteiger partial charge in [0.15, 0.2) is 5.03 Å². The van der Waals surface area contributed by atoms with Crippen molar-refractivity contribution in [3.63, 3.8) is 0 Å². The molecule has 1 atom stereocenters. The van der Waals surface area contributed by atoms with E-state index in [0.717, 1.165) is 5.69 Å². The van der Waals surface area contributed by atoms with E-state index < -0.39 is 15.6 Å². The van der Waals surface area contributed by atoms with E-state index in [1.54, 1.807) is 25.7 Å². The molecule has 1 saturated heterocycles. The van der Waals surface area contributed by atoms with Gasteiger partial charge < -0.3 is 14.8 Å². The second-order valence-electron chi connectivity index (χ2n) is 7.09. The fourth-order valence-corrected chi connectivity index (χ4v) is 4.94. The van der Waals surface area contributed by atoms with Crippen LogP contribution in [-0.2, 0) is 21.9 Å². The van der Waals surface area contributed by atoms with Crippen molar-refractivity contribution in [1.29, 1.82) is 0 Å². The zero-order valence-electron chi connectivity index (χ0n) is 15.8. The molecule has 1 unspecified atom stereocenters. The number of likely N-dealkylation sites (N-methyl/N-ethyl adjacent to an activating group) is 1. The molecule has 3 rings (SSSR count). The van der Waals surface area contributed by atoms with E-state index in [1.165, 1.54) is 21.7 Å². The Morgan fingerprint density at radius 1 is 1.26 bits per heavy atom. The number of carbonyl (C=O) groups is 1. The van der Waals surface area contributed by atoms with Crippen LogP contribution in [0.25, 0.3) is 0 Å². The SMILES string of the molecule is CN(C)C(=O)C1(Nc2ccccc2)CCCN(S(=O)(=O)c2cn(C)cn2)C1. The second kappa shape index (κ2) is 7.32. The van der Waals surface area contributed by atoms with Gasteiger partial charge in [-0.25, -0.2) is 13.4 Å². The summed E-state index contributed by atoms with van der Waals surface area (Å²) < 4.78 is 29.0. The molecule has 2 heterocycles. The number of anilines is 1. The summed E-state index contributed by atoms with van der Waals surface area (Å²) in [6, 6.07) is 9.39. The van der Waals surface area contributed by atoms with Gasteiger partial charge in [0, 0.05) is 46.1 Å². The predicted molar refractivity (Wildman–Crippen MR) is 103 cm³/mol.